The molecule has 4 nitrogen and oxygen atoms in total. The maximum absolute atomic E-state index is 12.7. The predicted molar refractivity (Wildman–Crippen MR) is 106 cm³/mol. The van der Waals surface area contributed by atoms with E-state index in [1.165, 1.54) is 11.1 Å². The van der Waals surface area contributed by atoms with E-state index in [0.29, 0.717) is 0 Å². The molecular formula is C22H29N3O. The molecule has 3 rings (SSSR count). The van der Waals surface area contributed by atoms with Gasteiger partial charge in [-0.1, -0.05) is 54.6 Å². The summed E-state index contributed by atoms with van der Waals surface area (Å²) >= 11 is 0. The van der Waals surface area contributed by atoms with E-state index in [2.05, 4.69) is 41.4 Å². The number of nitrogens with two attached hydrogens (primary N) is 1. The highest BCUT2D eigenvalue weighted by Gasteiger charge is 2.32. The van der Waals surface area contributed by atoms with E-state index < -0.39 is 5.54 Å². The number of aryl methyl sites for hydroxylation is 1. The van der Waals surface area contributed by atoms with Crippen LogP contribution in [0.4, 0.5) is 0 Å². The molecule has 26 heavy (non-hydrogen) atoms. The third-order valence-corrected chi connectivity index (χ3v) is 5.42. The molecule has 2 aromatic carbocycles. The van der Waals surface area contributed by atoms with Gasteiger partial charge in [0.25, 0.3) is 0 Å². The Morgan fingerprint density at radius 3 is 2.38 bits per heavy atom. The Labute approximate surface area is 156 Å². The second-order valence-corrected chi connectivity index (χ2v) is 7.52. The molecule has 0 aliphatic carbocycles. The first-order valence-corrected chi connectivity index (χ1v) is 9.39. The molecule has 1 aliphatic rings. The van der Waals surface area contributed by atoms with Gasteiger partial charge in [0.2, 0.25) is 5.91 Å². The molecule has 0 radical (unpaired) electrons. The van der Waals surface area contributed by atoms with Gasteiger partial charge in [0.05, 0.1) is 0 Å². The zero-order valence-electron chi connectivity index (χ0n) is 15.7. The lowest BCUT2D eigenvalue weighted by Crippen LogP contribution is -2.54. The first-order chi connectivity index (χ1) is 12.5. The van der Waals surface area contributed by atoms with Crippen molar-refractivity contribution in [1.82, 2.24) is 10.2 Å². The number of amides is 1. The van der Waals surface area contributed by atoms with Crippen LogP contribution in [0.5, 0.6) is 0 Å². The van der Waals surface area contributed by atoms with Gasteiger partial charge in [0.1, 0.15) is 5.54 Å². The summed E-state index contributed by atoms with van der Waals surface area (Å²) in [6.07, 6.45) is 1.92. The Hall–Kier alpha value is -2.17. The van der Waals surface area contributed by atoms with E-state index in [9.17, 15) is 4.79 Å². The monoisotopic (exact) mass is 351 g/mol. The molecule has 2 aromatic rings. The number of piperidine rings is 1. The van der Waals surface area contributed by atoms with E-state index >= 15 is 0 Å². The lowest BCUT2D eigenvalue weighted by molar-refractivity contribution is -0.127. The molecule has 3 N–H and O–H groups in total. The van der Waals surface area contributed by atoms with E-state index in [4.69, 9.17) is 5.73 Å². The number of carbonyl (C=O) groups excluding carboxylic acids is 1. The zero-order chi connectivity index (χ0) is 18.6. The summed E-state index contributed by atoms with van der Waals surface area (Å²) in [5, 5.41) is 3.16. The normalized spacial score (nSPS) is 18.3. The molecule has 0 bridgehead atoms. The van der Waals surface area contributed by atoms with Gasteiger partial charge in [0, 0.05) is 25.7 Å². The fourth-order valence-corrected chi connectivity index (χ4v) is 3.51. The SMILES string of the molecule is Cc1ccccc1CN1CCC(NC(=O)C(C)(N)c2ccccc2)CC1. The van der Waals surface area contributed by atoms with Crippen molar-refractivity contribution < 1.29 is 4.79 Å². The van der Waals surface area contributed by atoms with Crippen molar-refractivity contribution >= 4 is 5.91 Å². The van der Waals surface area contributed by atoms with Crippen molar-refractivity contribution in [2.75, 3.05) is 13.1 Å². The van der Waals surface area contributed by atoms with Crippen molar-refractivity contribution in [3.63, 3.8) is 0 Å². The maximum Gasteiger partial charge on any atom is 0.244 e. The molecule has 1 unspecified atom stereocenters. The third kappa shape index (κ3) is 4.32. The minimum atomic E-state index is -1.00. The molecular weight excluding hydrogens is 322 g/mol. The highest BCUT2D eigenvalue weighted by molar-refractivity contribution is 5.87. The van der Waals surface area contributed by atoms with Crippen LogP contribution in [-0.4, -0.2) is 29.9 Å². The summed E-state index contributed by atoms with van der Waals surface area (Å²) < 4.78 is 0. The molecule has 138 valence electrons. The molecule has 1 heterocycles. The van der Waals surface area contributed by atoms with Crippen LogP contribution in [0.2, 0.25) is 0 Å². The number of hydrogen-bond donors (Lipinski definition) is 2. The van der Waals surface area contributed by atoms with Crippen molar-refractivity contribution in [1.29, 1.82) is 0 Å². The van der Waals surface area contributed by atoms with Crippen molar-refractivity contribution in [2.24, 2.45) is 5.73 Å². The summed E-state index contributed by atoms with van der Waals surface area (Å²) in [6, 6.07) is 18.3. The minimum Gasteiger partial charge on any atom is -0.351 e. The van der Waals surface area contributed by atoms with Crippen LogP contribution in [0.15, 0.2) is 54.6 Å². The van der Waals surface area contributed by atoms with Gasteiger partial charge in [0.15, 0.2) is 0 Å². The number of likely N-dealkylation sites (tertiary alicyclic amines) is 1. The molecule has 0 spiro atoms. The molecule has 1 saturated heterocycles. The number of carbonyl (C=O) groups is 1. The largest absolute Gasteiger partial charge is 0.351 e. The second kappa shape index (κ2) is 8.02. The predicted octanol–water partition coefficient (Wildman–Crippen LogP) is 2.95. The molecule has 4 heteroatoms. The molecule has 1 aliphatic heterocycles. The first-order valence-electron chi connectivity index (χ1n) is 9.39. The number of nitrogens with one attached hydrogen (secondary N) is 1. The maximum atomic E-state index is 12.7. The highest BCUT2D eigenvalue weighted by Crippen LogP contribution is 2.20. The van der Waals surface area contributed by atoms with Crippen LogP contribution in [0.1, 0.15) is 36.5 Å². The molecule has 1 amide bonds. The van der Waals surface area contributed by atoms with E-state index in [1.54, 1.807) is 6.92 Å². The summed E-state index contributed by atoms with van der Waals surface area (Å²) in [4.78, 5) is 15.2. The Morgan fingerprint density at radius 2 is 1.73 bits per heavy atom. The van der Waals surface area contributed by atoms with Crippen LogP contribution in [0.25, 0.3) is 0 Å². The summed E-state index contributed by atoms with van der Waals surface area (Å²) in [5.41, 5.74) is 8.88. The topological polar surface area (TPSA) is 58.4 Å². The van der Waals surface area contributed by atoms with Crippen LogP contribution in [0, 0.1) is 6.92 Å². The van der Waals surface area contributed by atoms with Crippen molar-refractivity contribution in [3.8, 4) is 0 Å². The quantitative estimate of drug-likeness (QED) is 0.871. The van der Waals surface area contributed by atoms with E-state index in [-0.39, 0.29) is 11.9 Å². The van der Waals surface area contributed by atoms with Crippen LogP contribution >= 0.6 is 0 Å². The lowest BCUT2D eigenvalue weighted by Gasteiger charge is -2.34. The van der Waals surface area contributed by atoms with Gasteiger partial charge in [-0.25, -0.2) is 0 Å². The Kier molecular flexibility index (Phi) is 5.74. The first kappa shape index (κ1) is 18.6. The number of nitrogens with zero attached hydrogens (tertiary/aromatic N) is 1. The van der Waals surface area contributed by atoms with Gasteiger partial charge in [-0.15, -0.1) is 0 Å². The average molecular weight is 351 g/mol. The Bertz CT molecular complexity index is 734. The number of hydrogen-bond acceptors (Lipinski definition) is 3. The van der Waals surface area contributed by atoms with Crippen molar-refractivity contribution in [2.45, 2.75) is 44.8 Å². The van der Waals surface area contributed by atoms with Gasteiger partial charge < -0.3 is 11.1 Å². The second-order valence-electron chi connectivity index (χ2n) is 7.52. The van der Waals surface area contributed by atoms with Gasteiger partial charge in [-0.2, -0.15) is 0 Å². The number of benzene rings is 2. The van der Waals surface area contributed by atoms with E-state index in [1.807, 2.05) is 30.3 Å². The molecule has 0 saturated carbocycles. The number of rotatable bonds is 5. The van der Waals surface area contributed by atoms with Crippen LogP contribution < -0.4 is 11.1 Å². The van der Waals surface area contributed by atoms with Gasteiger partial charge in [-0.3, -0.25) is 9.69 Å². The fraction of sp³-hybridized carbons (Fsp3) is 0.409. The summed E-state index contributed by atoms with van der Waals surface area (Å²) in [6.45, 7) is 6.91. The average Bonchev–Trinajstić information content (AvgIpc) is 2.66. The standard InChI is InChI=1S/C22H29N3O/c1-17-8-6-7-9-18(17)16-25-14-12-20(13-15-25)24-21(26)22(2,23)19-10-4-3-5-11-19/h3-11,20H,12-16,23H2,1-2H3,(H,24,26). The summed E-state index contributed by atoms with van der Waals surface area (Å²) in [5.74, 6) is -0.0962. The van der Waals surface area contributed by atoms with E-state index in [0.717, 1.165) is 38.0 Å². The zero-order valence-corrected chi connectivity index (χ0v) is 15.7. The molecule has 1 atom stereocenters. The smallest absolute Gasteiger partial charge is 0.244 e. The van der Waals surface area contributed by atoms with Gasteiger partial charge in [-0.05, 0) is 43.4 Å². The highest BCUT2D eigenvalue weighted by atomic mass is 16.2. The van der Waals surface area contributed by atoms with Crippen molar-refractivity contribution in [3.05, 3.63) is 71.3 Å². The molecule has 0 aromatic heterocycles. The van der Waals surface area contributed by atoms with Gasteiger partial charge >= 0.3 is 0 Å². The Morgan fingerprint density at radius 1 is 1.12 bits per heavy atom. The Balaban J connectivity index is 1.52. The summed E-state index contributed by atoms with van der Waals surface area (Å²) in [7, 11) is 0. The van der Waals surface area contributed by atoms with Crippen LogP contribution in [-0.2, 0) is 16.9 Å². The third-order valence-electron chi connectivity index (χ3n) is 5.42. The fourth-order valence-electron chi connectivity index (χ4n) is 3.51. The minimum absolute atomic E-state index is 0.0962. The van der Waals surface area contributed by atoms with Crippen LogP contribution in [0.3, 0.4) is 0 Å². The lowest BCUT2D eigenvalue weighted by atomic mass is 9.91. The molecule has 1 fully saturated rings.